The lowest BCUT2D eigenvalue weighted by atomic mass is 10.1. The molecule has 1 unspecified atom stereocenters. The van der Waals surface area contributed by atoms with E-state index in [1.54, 1.807) is 21.1 Å². The SMILES string of the molecule is CNCC(C)(O)COC. The zero-order valence-electron chi connectivity index (χ0n) is 6.27. The second-order valence-corrected chi connectivity index (χ2v) is 2.46. The van der Waals surface area contributed by atoms with Crippen LogP contribution in [0.2, 0.25) is 0 Å². The molecule has 0 aromatic rings. The Balaban J connectivity index is 3.43. The van der Waals surface area contributed by atoms with Crippen LogP contribution in [0.5, 0.6) is 0 Å². The molecule has 0 spiro atoms. The Morgan fingerprint density at radius 2 is 2.22 bits per heavy atom. The highest BCUT2D eigenvalue weighted by Gasteiger charge is 2.17. The zero-order valence-corrected chi connectivity index (χ0v) is 6.27. The van der Waals surface area contributed by atoms with Gasteiger partial charge in [-0.15, -0.1) is 0 Å². The first-order valence-corrected chi connectivity index (χ1v) is 2.98. The Bertz CT molecular complexity index is 65.5. The molecule has 0 aliphatic heterocycles. The fraction of sp³-hybridized carbons (Fsp3) is 1.00. The molecule has 56 valence electrons. The summed E-state index contributed by atoms with van der Waals surface area (Å²) in [5.74, 6) is 0. The number of aliphatic hydroxyl groups is 1. The van der Waals surface area contributed by atoms with Crippen LogP contribution in [0.4, 0.5) is 0 Å². The molecular formula is C6H15NO2. The molecular weight excluding hydrogens is 118 g/mol. The van der Waals surface area contributed by atoms with Gasteiger partial charge in [0.15, 0.2) is 0 Å². The average Bonchev–Trinajstić information content (AvgIpc) is 1.64. The molecule has 0 aliphatic rings. The predicted molar refractivity (Wildman–Crippen MR) is 36.4 cm³/mol. The summed E-state index contributed by atoms with van der Waals surface area (Å²) in [5.41, 5.74) is -0.733. The molecule has 0 aromatic carbocycles. The Morgan fingerprint density at radius 1 is 1.67 bits per heavy atom. The summed E-state index contributed by atoms with van der Waals surface area (Å²) in [6.45, 7) is 2.65. The molecule has 0 aromatic heterocycles. The molecule has 0 fully saturated rings. The van der Waals surface area contributed by atoms with Crippen LogP contribution in [0.15, 0.2) is 0 Å². The molecule has 0 rings (SSSR count). The molecule has 0 amide bonds. The van der Waals surface area contributed by atoms with Crippen molar-refractivity contribution in [1.29, 1.82) is 0 Å². The predicted octanol–water partition coefficient (Wildman–Crippen LogP) is -0.397. The number of rotatable bonds is 4. The van der Waals surface area contributed by atoms with E-state index >= 15 is 0 Å². The van der Waals surface area contributed by atoms with E-state index in [4.69, 9.17) is 4.74 Å². The van der Waals surface area contributed by atoms with Crippen LogP contribution in [0, 0.1) is 0 Å². The third kappa shape index (κ3) is 4.39. The highest BCUT2D eigenvalue weighted by atomic mass is 16.5. The minimum atomic E-state index is -0.733. The third-order valence-corrected chi connectivity index (χ3v) is 1.01. The van der Waals surface area contributed by atoms with Crippen LogP contribution < -0.4 is 5.32 Å². The zero-order chi connectivity index (χ0) is 7.33. The molecule has 0 saturated heterocycles. The number of hydrogen-bond donors (Lipinski definition) is 2. The summed E-state index contributed by atoms with van der Waals surface area (Å²) in [6.07, 6.45) is 0. The second-order valence-electron chi connectivity index (χ2n) is 2.46. The minimum absolute atomic E-state index is 0.369. The van der Waals surface area contributed by atoms with Crippen molar-refractivity contribution in [1.82, 2.24) is 5.32 Å². The van der Waals surface area contributed by atoms with Gasteiger partial charge in [-0.1, -0.05) is 0 Å². The second kappa shape index (κ2) is 3.82. The maximum atomic E-state index is 9.33. The largest absolute Gasteiger partial charge is 0.386 e. The highest BCUT2D eigenvalue weighted by Crippen LogP contribution is 1.99. The van der Waals surface area contributed by atoms with Crippen molar-refractivity contribution in [3.63, 3.8) is 0 Å². The maximum Gasteiger partial charge on any atom is 0.0975 e. The van der Waals surface area contributed by atoms with Crippen LogP contribution in [0.25, 0.3) is 0 Å². The van der Waals surface area contributed by atoms with E-state index in [0.29, 0.717) is 13.2 Å². The van der Waals surface area contributed by atoms with Gasteiger partial charge in [-0.25, -0.2) is 0 Å². The van der Waals surface area contributed by atoms with Gasteiger partial charge in [0.1, 0.15) is 0 Å². The summed E-state index contributed by atoms with van der Waals surface area (Å²) < 4.78 is 4.77. The van der Waals surface area contributed by atoms with Gasteiger partial charge in [0.2, 0.25) is 0 Å². The normalized spacial score (nSPS) is 17.3. The summed E-state index contributed by atoms with van der Waals surface area (Å²) in [6, 6.07) is 0. The first-order chi connectivity index (χ1) is 4.12. The van der Waals surface area contributed by atoms with E-state index in [0.717, 1.165) is 0 Å². The van der Waals surface area contributed by atoms with Gasteiger partial charge in [-0.3, -0.25) is 0 Å². The molecule has 2 N–H and O–H groups in total. The molecule has 3 nitrogen and oxygen atoms in total. The molecule has 0 aliphatic carbocycles. The first kappa shape index (κ1) is 8.88. The van der Waals surface area contributed by atoms with Gasteiger partial charge < -0.3 is 15.2 Å². The van der Waals surface area contributed by atoms with E-state index in [1.165, 1.54) is 0 Å². The molecule has 9 heavy (non-hydrogen) atoms. The number of hydrogen-bond acceptors (Lipinski definition) is 3. The van der Waals surface area contributed by atoms with Gasteiger partial charge in [0.25, 0.3) is 0 Å². The molecule has 0 saturated carbocycles. The van der Waals surface area contributed by atoms with Crippen LogP contribution in [0.1, 0.15) is 6.92 Å². The van der Waals surface area contributed by atoms with Gasteiger partial charge in [0, 0.05) is 13.7 Å². The van der Waals surface area contributed by atoms with E-state index in [2.05, 4.69) is 5.32 Å². The lowest BCUT2D eigenvalue weighted by Crippen LogP contribution is -2.40. The number of ether oxygens (including phenoxy) is 1. The van der Waals surface area contributed by atoms with E-state index in [1.807, 2.05) is 0 Å². The summed E-state index contributed by atoms with van der Waals surface area (Å²) in [5, 5.41) is 12.2. The van der Waals surface area contributed by atoms with Gasteiger partial charge >= 0.3 is 0 Å². The topological polar surface area (TPSA) is 41.5 Å². The first-order valence-electron chi connectivity index (χ1n) is 2.98. The molecule has 0 radical (unpaired) electrons. The van der Waals surface area contributed by atoms with Gasteiger partial charge in [0.05, 0.1) is 12.2 Å². The number of methoxy groups -OCH3 is 1. The Kier molecular flexibility index (Phi) is 3.77. The van der Waals surface area contributed by atoms with Crippen molar-refractivity contribution in [2.45, 2.75) is 12.5 Å². The van der Waals surface area contributed by atoms with E-state index in [9.17, 15) is 5.11 Å². The van der Waals surface area contributed by atoms with Crippen molar-refractivity contribution in [3.05, 3.63) is 0 Å². The standard InChI is InChI=1S/C6H15NO2/c1-6(8,4-7-2)5-9-3/h7-8H,4-5H2,1-3H3. The molecule has 1 atom stereocenters. The Morgan fingerprint density at radius 3 is 2.56 bits per heavy atom. The summed E-state index contributed by atoms with van der Waals surface area (Å²) in [4.78, 5) is 0. The van der Waals surface area contributed by atoms with Crippen LogP contribution >= 0.6 is 0 Å². The molecule has 3 heteroatoms. The Labute approximate surface area is 56.0 Å². The average molecular weight is 133 g/mol. The van der Waals surface area contributed by atoms with Crippen molar-refractivity contribution < 1.29 is 9.84 Å². The summed E-state index contributed by atoms with van der Waals surface area (Å²) >= 11 is 0. The van der Waals surface area contributed by atoms with Crippen molar-refractivity contribution >= 4 is 0 Å². The van der Waals surface area contributed by atoms with Gasteiger partial charge in [-0.2, -0.15) is 0 Å². The fourth-order valence-electron chi connectivity index (χ4n) is 0.743. The minimum Gasteiger partial charge on any atom is -0.386 e. The van der Waals surface area contributed by atoms with Crippen LogP contribution in [0.3, 0.4) is 0 Å². The number of likely N-dealkylation sites (N-methyl/N-ethyl adjacent to an activating group) is 1. The van der Waals surface area contributed by atoms with Crippen LogP contribution in [-0.4, -0.2) is 38.0 Å². The third-order valence-electron chi connectivity index (χ3n) is 1.01. The van der Waals surface area contributed by atoms with E-state index in [-0.39, 0.29) is 0 Å². The fourth-order valence-corrected chi connectivity index (χ4v) is 0.743. The van der Waals surface area contributed by atoms with Crippen LogP contribution in [-0.2, 0) is 4.74 Å². The highest BCUT2D eigenvalue weighted by molar-refractivity contribution is 4.72. The van der Waals surface area contributed by atoms with Crippen molar-refractivity contribution in [2.75, 3.05) is 27.3 Å². The quantitative estimate of drug-likeness (QED) is 0.548. The maximum absolute atomic E-state index is 9.33. The number of nitrogens with one attached hydrogen (secondary N) is 1. The Hall–Kier alpha value is -0.120. The summed E-state index contributed by atoms with van der Waals surface area (Å²) in [7, 11) is 3.37. The lowest BCUT2D eigenvalue weighted by Gasteiger charge is -2.20. The lowest BCUT2D eigenvalue weighted by molar-refractivity contribution is -0.0142. The van der Waals surface area contributed by atoms with Crippen molar-refractivity contribution in [3.8, 4) is 0 Å². The van der Waals surface area contributed by atoms with Gasteiger partial charge in [-0.05, 0) is 14.0 Å². The molecule has 0 bridgehead atoms. The molecule has 0 heterocycles. The van der Waals surface area contributed by atoms with Crippen molar-refractivity contribution in [2.24, 2.45) is 0 Å². The smallest absolute Gasteiger partial charge is 0.0975 e. The van der Waals surface area contributed by atoms with E-state index < -0.39 is 5.60 Å². The monoisotopic (exact) mass is 133 g/mol.